The van der Waals surface area contributed by atoms with Crippen LogP contribution in [-0.2, 0) is 4.74 Å². The van der Waals surface area contributed by atoms with Crippen molar-refractivity contribution in [2.45, 2.75) is 46.6 Å². The zero-order valence-electron chi connectivity index (χ0n) is 9.67. The van der Waals surface area contributed by atoms with E-state index < -0.39 is 0 Å². The van der Waals surface area contributed by atoms with E-state index >= 15 is 0 Å². The van der Waals surface area contributed by atoms with Gasteiger partial charge >= 0.3 is 6.09 Å². The Labute approximate surface area is 86.4 Å². The van der Waals surface area contributed by atoms with E-state index in [9.17, 15) is 4.79 Å². The Hall–Kier alpha value is -0.730. The Bertz CT molecular complexity index is 211. The summed E-state index contributed by atoms with van der Waals surface area (Å²) in [6.45, 7) is 9.82. The first-order chi connectivity index (χ1) is 6.41. The largest absolute Gasteiger partial charge is 0.447 e. The van der Waals surface area contributed by atoms with E-state index in [0.29, 0.717) is 0 Å². The van der Waals surface area contributed by atoms with E-state index in [4.69, 9.17) is 4.74 Å². The first kappa shape index (κ1) is 11.3. The fraction of sp³-hybridized carbons (Fsp3) is 0.909. The molecule has 1 fully saturated rings. The number of amides is 1. The molecule has 0 spiro atoms. The Morgan fingerprint density at radius 3 is 2.57 bits per heavy atom. The van der Waals surface area contributed by atoms with Gasteiger partial charge in [-0.15, -0.1) is 0 Å². The molecule has 14 heavy (non-hydrogen) atoms. The molecule has 0 unspecified atom stereocenters. The Morgan fingerprint density at radius 1 is 1.43 bits per heavy atom. The van der Waals surface area contributed by atoms with Gasteiger partial charge in [0.25, 0.3) is 0 Å². The summed E-state index contributed by atoms with van der Waals surface area (Å²) < 4.78 is 5.17. The molecule has 0 aromatic rings. The highest BCUT2D eigenvalue weighted by molar-refractivity contribution is 5.67. The van der Waals surface area contributed by atoms with Crippen molar-refractivity contribution >= 4 is 6.09 Å². The number of ether oxygens (including phenoxy) is 1. The number of piperidine rings is 1. The normalized spacial score (nSPS) is 21.1. The molecule has 3 nitrogen and oxygen atoms in total. The first-order valence-electron chi connectivity index (χ1n) is 5.36. The summed E-state index contributed by atoms with van der Waals surface area (Å²) in [7, 11) is 0. The Balaban J connectivity index is 2.48. The number of likely N-dealkylation sites (tertiary alicyclic amines) is 1. The third kappa shape index (κ3) is 3.20. The second-order valence-corrected chi connectivity index (χ2v) is 5.12. The van der Waals surface area contributed by atoms with Crippen LogP contribution in [0, 0.1) is 5.41 Å². The SMILES string of the molecule is CC(C)OC(=O)N1CCCC(C)(C)C1. The summed E-state index contributed by atoms with van der Waals surface area (Å²) in [4.78, 5) is 13.4. The molecule has 0 saturated carbocycles. The number of nitrogens with zero attached hydrogens (tertiary/aromatic N) is 1. The molecule has 0 radical (unpaired) electrons. The molecule has 0 aliphatic carbocycles. The molecule has 1 saturated heterocycles. The topological polar surface area (TPSA) is 29.5 Å². The quantitative estimate of drug-likeness (QED) is 0.649. The number of rotatable bonds is 1. The third-order valence-corrected chi connectivity index (χ3v) is 2.50. The second kappa shape index (κ2) is 4.20. The molecular weight excluding hydrogens is 178 g/mol. The smallest absolute Gasteiger partial charge is 0.410 e. The van der Waals surface area contributed by atoms with Crippen molar-refractivity contribution in [2.24, 2.45) is 5.41 Å². The summed E-state index contributed by atoms with van der Waals surface area (Å²) in [6, 6.07) is 0. The van der Waals surface area contributed by atoms with Crippen molar-refractivity contribution in [1.29, 1.82) is 0 Å². The molecule has 1 rings (SSSR count). The molecule has 1 amide bonds. The van der Waals surface area contributed by atoms with Gasteiger partial charge in [0.2, 0.25) is 0 Å². The highest BCUT2D eigenvalue weighted by Crippen LogP contribution is 2.28. The first-order valence-corrected chi connectivity index (χ1v) is 5.36. The molecule has 0 bridgehead atoms. The van der Waals surface area contributed by atoms with Crippen LogP contribution >= 0.6 is 0 Å². The lowest BCUT2D eigenvalue weighted by Gasteiger charge is -2.37. The highest BCUT2D eigenvalue weighted by atomic mass is 16.6. The van der Waals surface area contributed by atoms with Gasteiger partial charge in [0.15, 0.2) is 0 Å². The summed E-state index contributed by atoms with van der Waals surface area (Å²) in [5.41, 5.74) is 0.244. The van der Waals surface area contributed by atoms with Crippen LogP contribution in [0.1, 0.15) is 40.5 Å². The predicted molar refractivity (Wildman–Crippen MR) is 56.2 cm³/mol. The predicted octanol–water partition coefficient (Wildman–Crippen LogP) is 2.65. The standard InChI is InChI=1S/C11H21NO2/c1-9(2)14-10(13)12-7-5-6-11(3,4)8-12/h9H,5-8H2,1-4H3. The summed E-state index contributed by atoms with van der Waals surface area (Å²) in [5.74, 6) is 0. The second-order valence-electron chi connectivity index (χ2n) is 5.12. The van der Waals surface area contributed by atoms with E-state index in [1.54, 1.807) is 0 Å². The molecule has 1 aliphatic rings. The number of hydrogen-bond acceptors (Lipinski definition) is 2. The van der Waals surface area contributed by atoms with Gasteiger partial charge in [0.1, 0.15) is 0 Å². The van der Waals surface area contributed by atoms with Gasteiger partial charge in [-0.2, -0.15) is 0 Å². The molecule has 0 aromatic carbocycles. The van der Waals surface area contributed by atoms with Crippen molar-refractivity contribution in [2.75, 3.05) is 13.1 Å². The summed E-state index contributed by atoms with van der Waals surface area (Å²) in [5, 5.41) is 0. The van der Waals surface area contributed by atoms with Gasteiger partial charge in [-0.1, -0.05) is 13.8 Å². The Kier molecular flexibility index (Phi) is 3.40. The van der Waals surface area contributed by atoms with Gasteiger partial charge < -0.3 is 9.64 Å². The van der Waals surface area contributed by atoms with Crippen LogP contribution in [0.5, 0.6) is 0 Å². The Morgan fingerprint density at radius 2 is 2.07 bits per heavy atom. The average Bonchev–Trinajstić information content (AvgIpc) is 2.01. The molecule has 0 aromatic heterocycles. The monoisotopic (exact) mass is 199 g/mol. The lowest BCUT2D eigenvalue weighted by atomic mass is 9.84. The highest BCUT2D eigenvalue weighted by Gasteiger charge is 2.29. The summed E-state index contributed by atoms with van der Waals surface area (Å²) in [6.07, 6.45) is 2.10. The van der Waals surface area contributed by atoms with Crippen molar-refractivity contribution in [3.63, 3.8) is 0 Å². The van der Waals surface area contributed by atoms with Crippen molar-refractivity contribution in [1.82, 2.24) is 4.90 Å². The maximum Gasteiger partial charge on any atom is 0.410 e. The minimum Gasteiger partial charge on any atom is -0.447 e. The van der Waals surface area contributed by atoms with Crippen LogP contribution in [0.4, 0.5) is 4.79 Å². The number of carbonyl (C=O) groups excluding carboxylic acids is 1. The van der Waals surface area contributed by atoms with Crippen LogP contribution in [0.2, 0.25) is 0 Å². The van der Waals surface area contributed by atoms with Gasteiger partial charge in [-0.25, -0.2) is 4.79 Å². The van der Waals surface area contributed by atoms with Crippen LogP contribution in [0.15, 0.2) is 0 Å². The van der Waals surface area contributed by atoms with E-state index in [-0.39, 0.29) is 17.6 Å². The van der Waals surface area contributed by atoms with Gasteiger partial charge in [-0.05, 0) is 32.1 Å². The minimum absolute atomic E-state index is 0.0208. The maximum atomic E-state index is 11.6. The summed E-state index contributed by atoms with van der Waals surface area (Å²) >= 11 is 0. The molecule has 82 valence electrons. The van der Waals surface area contributed by atoms with Crippen LogP contribution < -0.4 is 0 Å². The molecular formula is C11H21NO2. The number of hydrogen-bond donors (Lipinski definition) is 0. The fourth-order valence-electron chi connectivity index (χ4n) is 1.86. The maximum absolute atomic E-state index is 11.6. The number of carbonyl (C=O) groups is 1. The molecule has 0 atom stereocenters. The van der Waals surface area contributed by atoms with Gasteiger partial charge in [0.05, 0.1) is 6.10 Å². The lowest BCUT2D eigenvalue weighted by Crippen LogP contribution is -2.44. The average molecular weight is 199 g/mol. The third-order valence-electron chi connectivity index (χ3n) is 2.50. The van der Waals surface area contributed by atoms with E-state index in [1.165, 1.54) is 6.42 Å². The van der Waals surface area contributed by atoms with Crippen molar-refractivity contribution < 1.29 is 9.53 Å². The van der Waals surface area contributed by atoms with Crippen LogP contribution in [-0.4, -0.2) is 30.2 Å². The van der Waals surface area contributed by atoms with Crippen LogP contribution in [0.3, 0.4) is 0 Å². The van der Waals surface area contributed by atoms with E-state index in [1.807, 2.05) is 18.7 Å². The minimum atomic E-state index is -0.159. The zero-order valence-corrected chi connectivity index (χ0v) is 9.67. The van der Waals surface area contributed by atoms with Gasteiger partial charge in [0, 0.05) is 13.1 Å². The van der Waals surface area contributed by atoms with Gasteiger partial charge in [-0.3, -0.25) is 0 Å². The molecule has 3 heteroatoms. The lowest BCUT2D eigenvalue weighted by molar-refractivity contribution is 0.0491. The van der Waals surface area contributed by atoms with Crippen molar-refractivity contribution in [3.8, 4) is 0 Å². The van der Waals surface area contributed by atoms with Crippen LogP contribution in [0.25, 0.3) is 0 Å². The van der Waals surface area contributed by atoms with E-state index in [0.717, 1.165) is 19.5 Å². The molecule has 1 heterocycles. The van der Waals surface area contributed by atoms with Crippen molar-refractivity contribution in [3.05, 3.63) is 0 Å². The molecule has 0 N–H and O–H groups in total. The molecule has 1 aliphatic heterocycles. The zero-order chi connectivity index (χ0) is 10.8. The fourth-order valence-corrected chi connectivity index (χ4v) is 1.86. The van der Waals surface area contributed by atoms with E-state index in [2.05, 4.69) is 13.8 Å².